The number of halogens is 3. The van der Waals surface area contributed by atoms with E-state index in [2.05, 4.69) is 10.1 Å². The number of carbonyl (C=O) groups excluding carboxylic acids is 1. The third-order valence-electron chi connectivity index (χ3n) is 1.46. The molecule has 0 saturated carbocycles. The molecule has 0 radical (unpaired) electrons. The maximum absolute atomic E-state index is 11.6. The highest BCUT2D eigenvalue weighted by molar-refractivity contribution is 5.76. The molecule has 0 aromatic carbocycles. The molecule has 0 aliphatic heterocycles. The van der Waals surface area contributed by atoms with E-state index in [0.29, 0.717) is 13.1 Å². The van der Waals surface area contributed by atoms with Crippen LogP contribution in [0.25, 0.3) is 0 Å². The van der Waals surface area contributed by atoms with Gasteiger partial charge in [0.15, 0.2) is 0 Å². The van der Waals surface area contributed by atoms with Gasteiger partial charge in [0.25, 0.3) is 0 Å². The van der Waals surface area contributed by atoms with Gasteiger partial charge in [-0.3, -0.25) is 4.79 Å². The standard InChI is InChI=1S/C9H15F3N2O2/c10-9(11,12)7-16-6-3-8(15)14-5-2-1-4-13/h1-2H,3-7,13H2,(H,14,15)/b2-1+. The van der Waals surface area contributed by atoms with Crippen molar-refractivity contribution in [2.75, 3.05) is 26.3 Å². The third kappa shape index (κ3) is 11.0. The highest BCUT2D eigenvalue weighted by Gasteiger charge is 2.27. The van der Waals surface area contributed by atoms with Gasteiger partial charge in [0.05, 0.1) is 6.61 Å². The molecular weight excluding hydrogens is 225 g/mol. The minimum Gasteiger partial charge on any atom is -0.372 e. The van der Waals surface area contributed by atoms with Crippen molar-refractivity contribution in [1.29, 1.82) is 0 Å². The van der Waals surface area contributed by atoms with Crippen LogP contribution in [0.15, 0.2) is 12.2 Å². The summed E-state index contributed by atoms with van der Waals surface area (Å²) in [5.41, 5.74) is 5.16. The Labute approximate surface area is 91.6 Å². The number of carbonyl (C=O) groups is 1. The first-order valence-electron chi connectivity index (χ1n) is 4.72. The normalized spacial score (nSPS) is 12.0. The molecule has 7 heteroatoms. The molecule has 0 aliphatic rings. The first-order chi connectivity index (χ1) is 7.45. The highest BCUT2D eigenvalue weighted by atomic mass is 19.4. The molecule has 0 aliphatic carbocycles. The largest absolute Gasteiger partial charge is 0.411 e. The van der Waals surface area contributed by atoms with E-state index in [0.717, 1.165) is 0 Å². The average molecular weight is 240 g/mol. The van der Waals surface area contributed by atoms with Gasteiger partial charge in [0, 0.05) is 19.5 Å². The smallest absolute Gasteiger partial charge is 0.372 e. The van der Waals surface area contributed by atoms with Crippen LogP contribution in [0.2, 0.25) is 0 Å². The summed E-state index contributed by atoms with van der Waals surface area (Å²) in [7, 11) is 0. The molecule has 0 spiro atoms. The van der Waals surface area contributed by atoms with E-state index >= 15 is 0 Å². The summed E-state index contributed by atoms with van der Waals surface area (Å²) < 4.78 is 39.1. The molecule has 0 bridgehead atoms. The number of nitrogens with one attached hydrogen (secondary N) is 1. The van der Waals surface area contributed by atoms with Crippen LogP contribution in [-0.2, 0) is 9.53 Å². The Morgan fingerprint density at radius 3 is 2.62 bits per heavy atom. The minimum absolute atomic E-state index is 0.0907. The van der Waals surface area contributed by atoms with Crippen molar-refractivity contribution in [3.63, 3.8) is 0 Å². The Bertz CT molecular complexity index is 229. The SMILES string of the molecule is NC/C=C/CNC(=O)CCOCC(F)(F)F. The number of amides is 1. The Morgan fingerprint density at radius 2 is 2.06 bits per heavy atom. The van der Waals surface area contributed by atoms with E-state index in [1.54, 1.807) is 12.2 Å². The molecule has 0 fully saturated rings. The van der Waals surface area contributed by atoms with Crippen LogP contribution in [0.5, 0.6) is 0 Å². The summed E-state index contributed by atoms with van der Waals surface area (Å²) in [5, 5.41) is 2.47. The van der Waals surface area contributed by atoms with Crippen molar-refractivity contribution >= 4 is 5.91 Å². The molecule has 0 rings (SSSR count). The van der Waals surface area contributed by atoms with Gasteiger partial charge >= 0.3 is 6.18 Å². The Balaban J connectivity index is 3.41. The quantitative estimate of drug-likeness (QED) is 0.505. The van der Waals surface area contributed by atoms with E-state index < -0.39 is 12.8 Å². The predicted octanol–water partition coefficient (Wildman–Crippen LogP) is 0.586. The molecule has 1 amide bonds. The van der Waals surface area contributed by atoms with Gasteiger partial charge in [0.1, 0.15) is 6.61 Å². The number of alkyl halides is 3. The second-order valence-electron chi connectivity index (χ2n) is 2.93. The summed E-state index contributed by atoms with van der Waals surface area (Å²) >= 11 is 0. The molecule has 4 nitrogen and oxygen atoms in total. The zero-order valence-electron chi connectivity index (χ0n) is 8.72. The van der Waals surface area contributed by atoms with Crippen molar-refractivity contribution < 1.29 is 22.7 Å². The highest BCUT2D eigenvalue weighted by Crippen LogP contribution is 2.14. The van der Waals surface area contributed by atoms with Crippen LogP contribution in [0.1, 0.15) is 6.42 Å². The third-order valence-corrected chi connectivity index (χ3v) is 1.46. The first-order valence-corrected chi connectivity index (χ1v) is 4.72. The lowest BCUT2D eigenvalue weighted by molar-refractivity contribution is -0.174. The summed E-state index contributed by atoms with van der Waals surface area (Å²) in [6.45, 7) is -0.876. The topological polar surface area (TPSA) is 64.3 Å². The van der Waals surface area contributed by atoms with Crippen LogP contribution in [-0.4, -0.2) is 38.4 Å². The van der Waals surface area contributed by atoms with Crippen molar-refractivity contribution in [3.8, 4) is 0 Å². The number of ether oxygens (including phenoxy) is 1. The lowest BCUT2D eigenvalue weighted by Gasteiger charge is -2.07. The van der Waals surface area contributed by atoms with Crippen LogP contribution < -0.4 is 11.1 Å². The zero-order valence-corrected chi connectivity index (χ0v) is 8.72. The van der Waals surface area contributed by atoms with Crippen molar-refractivity contribution in [3.05, 3.63) is 12.2 Å². The van der Waals surface area contributed by atoms with Crippen molar-refractivity contribution in [2.24, 2.45) is 5.73 Å². The molecule has 16 heavy (non-hydrogen) atoms. The summed E-state index contributed by atoms with van der Waals surface area (Å²) in [5.74, 6) is -0.358. The fraction of sp³-hybridized carbons (Fsp3) is 0.667. The summed E-state index contributed by atoms with van der Waals surface area (Å²) in [4.78, 5) is 11.0. The van der Waals surface area contributed by atoms with Gasteiger partial charge in [0.2, 0.25) is 5.91 Å². The molecule has 0 heterocycles. The Hall–Kier alpha value is -1.08. The molecule has 0 atom stereocenters. The van der Waals surface area contributed by atoms with Crippen LogP contribution in [0.3, 0.4) is 0 Å². The van der Waals surface area contributed by atoms with Crippen molar-refractivity contribution in [1.82, 2.24) is 5.32 Å². The van der Waals surface area contributed by atoms with Crippen molar-refractivity contribution in [2.45, 2.75) is 12.6 Å². The van der Waals surface area contributed by atoms with Gasteiger partial charge < -0.3 is 15.8 Å². The summed E-state index contributed by atoms with van der Waals surface area (Å²) in [6, 6.07) is 0. The van der Waals surface area contributed by atoms with E-state index in [9.17, 15) is 18.0 Å². The fourth-order valence-corrected chi connectivity index (χ4v) is 0.793. The molecule has 0 aromatic heterocycles. The second-order valence-corrected chi connectivity index (χ2v) is 2.93. The van der Waals surface area contributed by atoms with Crippen LogP contribution in [0, 0.1) is 0 Å². The molecule has 0 saturated heterocycles. The van der Waals surface area contributed by atoms with E-state index in [4.69, 9.17) is 5.73 Å². The first kappa shape index (κ1) is 14.9. The molecular formula is C9H15F3N2O2. The number of nitrogens with two attached hydrogens (primary N) is 1. The van der Waals surface area contributed by atoms with Gasteiger partial charge in [-0.1, -0.05) is 12.2 Å². The van der Waals surface area contributed by atoms with Crippen LogP contribution in [0.4, 0.5) is 13.2 Å². The fourth-order valence-electron chi connectivity index (χ4n) is 0.793. The van der Waals surface area contributed by atoms with Gasteiger partial charge in [-0.2, -0.15) is 13.2 Å². The second kappa shape index (κ2) is 8.12. The molecule has 0 unspecified atom stereocenters. The molecule has 94 valence electrons. The number of hydrogen-bond acceptors (Lipinski definition) is 3. The number of rotatable bonds is 7. The molecule has 0 aromatic rings. The maximum atomic E-state index is 11.6. The average Bonchev–Trinajstić information content (AvgIpc) is 2.18. The van der Waals surface area contributed by atoms with Gasteiger partial charge in [-0.05, 0) is 0 Å². The maximum Gasteiger partial charge on any atom is 0.411 e. The zero-order chi connectivity index (χ0) is 12.4. The van der Waals surface area contributed by atoms with Gasteiger partial charge in [-0.25, -0.2) is 0 Å². The van der Waals surface area contributed by atoms with E-state index in [1.807, 2.05) is 0 Å². The summed E-state index contributed by atoms with van der Waals surface area (Å²) in [6.07, 6.45) is -1.11. The van der Waals surface area contributed by atoms with Gasteiger partial charge in [-0.15, -0.1) is 0 Å². The predicted molar refractivity (Wildman–Crippen MR) is 52.7 cm³/mol. The number of hydrogen-bond donors (Lipinski definition) is 2. The Kier molecular flexibility index (Phi) is 7.57. The van der Waals surface area contributed by atoms with E-state index in [1.165, 1.54) is 0 Å². The minimum atomic E-state index is -4.35. The Morgan fingerprint density at radius 1 is 1.38 bits per heavy atom. The lowest BCUT2D eigenvalue weighted by atomic mass is 10.4. The molecule has 3 N–H and O–H groups in total. The van der Waals surface area contributed by atoms with E-state index in [-0.39, 0.29) is 18.9 Å². The van der Waals surface area contributed by atoms with Crippen LogP contribution >= 0.6 is 0 Å². The lowest BCUT2D eigenvalue weighted by Crippen LogP contribution is -2.25. The monoisotopic (exact) mass is 240 g/mol.